The monoisotopic (exact) mass is 319 g/mol. The Morgan fingerprint density at radius 1 is 0.957 bits per heavy atom. The minimum absolute atomic E-state index is 0.167. The zero-order valence-electron chi connectivity index (χ0n) is 14.5. The molecule has 1 atom stereocenters. The minimum atomic E-state index is -0.499. The molecule has 3 N–H and O–H groups in total. The van der Waals surface area contributed by atoms with Crippen molar-refractivity contribution >= 4 is 10.8 Å². The Hall–Kier alpha value is -1.62. The van der Waals surface area contributed by atoms with Gasteiger partial charge in [0.05, 0.1) is 0 Å². The number of ether oxygens (including phenoxy) is 1. The molecule has 0 aliphatic rings. The Bertz CT molecular complexity index is 561. The molecule has 128 valence electrons. The molecule has 0 heterocycles. The summed E-state index contributed by atoms with van der Waals surface area (Å²) in [6.45, 7) is 8.40. The molecule has 2 aromatic carbocycles. The van der Waals surface area contributed by atoms with Crippen LogP contribution >= 0.6 is 0 Å². The molecular weight excluding hydrogens is 290 g/mol. The molecule has 0 aliphatic carbocycles. The molecule has 2 rings (SSSR count). The van der Waals surface area contributed by atoms with Crippen LogP contribution in [0.4, 0.5) is 0 Å². The van der Waals surface area contributed by atoms with Gasteiger partial charge in [-0.15, -0.1) is 0 Å². The Morgan fingerprint density at radius 2 is 1.57 bits per heavy atom. The predicted molar refractivity (Wildman–Crippen MR) is 95.9 cm³/mol. The number of nitrogens with one attached hydrogen (secondary N) is 1. The number of fused-ring (bicyclic) bond motifs is 1. The molecule has 0 bridgehead atoms. The van der Waals surface area contributed by atoms with Gasteiger partial charge in [0.25, 0.3) is 0 Å². The first-order valence-electron chi connectivity index (χ1n) is 8.10. The zero-order valence-corrected chi connectivity index (χ0v) is 14.5. The van der Waals surface area contributed by atoms with Crippen LogP contribution in [-0.4, -0.2) is 41.6 Å². The van der Waals surface area contributed by atoms with Crippen LogP contribution in [0.15, 0.2) is 42.5 Å². The second-order valence-corrected chi connectivity index (χ2v) is 6.10. The molecule has 1 unspecified atom stereocenters. The number of aliphatic hydroxyl groups excluding tert-OH is 2. The zero-order chi connectivity index (χ0) is 17.2. The fourth-order valence-electron chi connectivity index (χ4n) is 1.94. The van der Waals surface area contributed by atoms with E-state index in [0.29, 0.717) is 19.2 Å². The number of hydrogen-bond acceptors (Lipinski definition) is 4. The summed E-state index contributed by atoms with van der Waals surface area (Å²) >= 11 is 0. The van der Waals surface area contributed by atoms with Crippen LogP contribution in [0, 0.1) is 0 Å². The van der Waals surface area contributed by atoms with Gasteiger partial charge in [0, 0.05) is 24.1 Å². The molecule has 4 nitrogen and oxygen atoms in total. The van der Waals surface area contributed by atoms with Crippen molar-refractivity contribution in [3.8, 4) is 5.75 Å². The van der Waals surface area contributed by atoms with Crippen LogP contribution in [0.3, 0.4) is 0 Å². The van der Waals surface area contributed by atoms with E-state index in [2.05, 4.69) is 31.3 Å². The van der Waals surface area contributed by atoms with Crippen molar-refractivity contribution < 1.29 is 14.9 Å². The number of rotatable bonds is 6. The molecule has 0 spiro atoms. The van der Waals surface area contributed by atoms with Crippen LogP contribution in [0.2, 0.25) is 0 Å². The average molecular weight is 319 g/mol. The molecule has 0 amide bonds. The van der Waals surface area contributed by atoms with Crippen molar-refractivity contribution in [1.29, 1.82) is 0 Å². The quantitative estimate of drug-likeness (QED) is 0.766. The lowest BCUT2D eigenvalue weighted by molar-refractivity contribution is 0.105. The fraction of sp³-hybridized carbons (Fsp3) is 0.474. The maximum Gasteiger partial charge on any atom is 0.127 e. The topological polar surface area (TPSA) is 61.7 Å². The number of aliphatic hydroxyl groups is 2. The van der Waals surface area contributed by atoms with Crippen molar-refractivity contribution in [2.75, 3.05) is 13.2 Å². The lowest BCUT2D eigenvalue weighted by Crippen LogP contribution is -2.35. The van der Waals surface area contributed by atoms with Crippen molar-refractivity contribution in [2.24, 2.45) is 0 Å². The highest BCUT2D eigenvalue weighted by atomic mass is 16.5. The standard InChI is InChI=1S/C16H21NO2.C3H8O/c1-12(2)17-10-14(18)11-19-16-9-5-7-13-6-3-4-8-15(13)16;1-3(2)4/h3-9,12,14,17-18H,10-11H2,1-2H3;3-4H,1-2H3. The normalized spacial score (nSPS) is 12.2. The van der Waals surface area contributed by atoms with Crippen LogP contribution in [-0.2, 0) is 0 Å². The Labute approximate surface area is 139 Å². The van der Waals surface area contributed by atoms with Gasteiger partial charge in [0.2, 0.25) is 0 Å². The van der Waals surface area contributed by atoms with E-state index in [1.54, 1.807) is 13.8 Å². The van der Waals surface area contributed by atoms with E-state index >= 15 is 0 Å². The Balaban J connectivity index is 0.000000593. The molecule has 0 fully saturated rings. The predicted octanol–water partition coefficient (Wildman–Crippen LogP) is 2.96. The molecule has 23 heavy (non-hydrogen) atoms. The van der Waals surface area contributed by atoms with Crippen molar-refractivity contribution in [3.63, 3.8) is 0 Å². The van der Waals surface area contributed by atoms with Crippen molar-refractivity contribution in [2.45, 2.75) is 45.9 Å². The van der Waals surface area contributed by atoms with Crippen LogP contribution in [0.5, 0.6) is 5.75 Å². The highest BCUT2D eigenvalue weighted by Gasteiger charge is 2.07. The lowest BCUT2D eigenvalue weighted by Gasteiger charge is -2.15. The maximum atomic E-state index is 9.84. The summed E-state index contributed by atoms with van der Waals surface area (Å²) in [5, 5.41) is 23.3. The van der Waals surface area contributed by atoms with E-state index in [9.17, 15) is 5.11 Å². The lowest BCUT2D eigenvalue weighted by atomic mass is 10.1. The van der Waals surface area contributed by atoms with E-state index in [-0.39, 0.29) is 6.10 Å². The highest BCUT2D eigenvalue weighted by Crippen LogP contribution is 2.25. The third-order valence-corrected chi connectivity index (χ3v) is 2.94. The van der Waals surface area contributed by atoms with E-state index < -0.39 is 6.10 Å². The summed E-state index contributed by atoms with van der Waals surface area (Å²) in [5.74, 6) is 0.821. The van der Waals surface area contributed by atoms with E-state index in [0.717, 1.165) is 16.5 Å². The van der Waals surface area contributed by atoms with Gasteiger partial charge in [-0.3, -0.25) is 0 Å². The van der Waals surface area contributed by atoms with E-state index in [4.69, 9.17) is 9.84 Å². The molecule has 2 aromatic rings. The summed E-state index contributed by atoms with van der Waals surface area (Å²) in [4.78, 5) is 0. The molecule has 0 saturated carbocycles. The SMILES string of the molecule is CC(C)NCC(O)COc1cccc2ccccc12.CC(C)O. The molecule has 4 heteroatoms. The van der Waals surface area contributed by atoms with Crippen molar-refractivity contribution in [3.05, 3.63) is 42.5 Å². The van der Waals surface area contributed by atoms with Crippen LogP contribution < -0.4 is 10.1 Å². The van der Waals surface area contributed by atoms with Gasteiger partial charge in [-0.2, -0.15) is 0 Å². The fourth-order valence-corrected chi connectivity index (χ4v) is 1.94. The largest absolute Gasteiger partial charge is 0.490 e. The molecule has 0 saturated heterocycles. The van der Waals surface area contributed by atoms with E-state index in [1.807, 2.05) is 30.3 Å². The van der Waals surface area contributed by atoms with Crippen LogP contribution in [0.25, 0.3) is 10.8 Å². The molecule has 0 aliphatic heterocycles. The van der Waals surface area contributed by atoms with Gasteiger partial charge < -0.3 is 20.3 Å². The second-order valence-electron chi connectivity index (χ2n) is 6.10. The van der Waals surface area contributed by atoms with Crippen molar-refractivity contribution in [1.82, 2.24) is 5.32 Å². The first-order chi connectivity index (χ1) is 10.9. The summed E-state index contributed by atoms with van der Waals surface area (Å²) in [5.41, 5.74) is 0. The van der Waals surface area contributed by atoms with E-state index in [1.165, 1.54) is 0 Å². The maximum absolute atomic E-state index is 9.84. The summed E-state index contributed by atoms with van der Waals surface area (Å²) in [6, 6.07) is 14.4. The minimum Gasteiger partial charge on any atom is -0.490 e. The summed E-state index contributed by atoms with van der Waals surface area (Å²) in [7, 11) is 0. The highest BCUT2D eigenvalue weighted by molar-refractivity contribution is 5.88. The first-order valence-corrected chi connectivity index (χ1v) is 8.10. The molecule has 0 aromatic heterocycles. The molecule has 0 radical (unpaired) electrons. The van der Waals surface area contributed by atoms with Gasteiger partial charge in [-0.1, -0.05) is 50.2 Å². The number of benzene rings is 2. The average Bonchev–Trinajstić information content (AvgIpc) is 2.50. The first kappa shape index (κ1) is 19.4. The summed E-state index contributed by atoms with van der Waals surface area (Å²) < 4.78 is 5.72. The summed E-state index contributed by atoms with van der Waals surface area (Å²) in [6.07, 6.45) is -0.665. The van der Waals surface area contributed by atoms with Gasteiger partial charge in [-0.25, -0.2) is 0 Å². The molecular formula is C19H29NO3. The third-order valence-electron chi connectivity index (χ3n) is 2.94. The van der Waals surface area contributed by atoms with Gasteiger partial charge in [0.1, 0.15) is 18.5 Å². The van der Waals surface area contributed by atoms with Gasteiger partial charge in [0.15, 0.2) is 0 Å². The Morgan fingerprint density at radius 3 is 2.22 bits per heavy atom. The van der Waals surface area contributed by atoms with Gasteiger partial charge >= 0.3 is 0 Å². The Kier molecular flexibility index (Phi) is 8.62. The third kappa shape index (κ3) is 7.98. The van der Waals surface area contributed by atoms with Crippen LogP contribution in [0.1, 0.15) is 27.7 Å². The second kappa shape index (κ2) is 10.2. The smallest absolute Gasteiger partial charge is 0.127 e. The number of hydrogen-bond donors (Lipinski definition) is 3. The van der Waals surface area contributed by atoms with Gasteiger partial charge in [-0.05, 0) is 25.3 Å².